The highest BCUT2D eigenvalue weighted by Gasteiger charge is 2.29. The Morgan fingerprint density at radius 2 is 2.22 bits per heavy atom. The third-order valence-corrected chi connectivity index (χ3v) is 4.47. The molecule has 6 heteroatoms. The molecule has 2 rings (SSSR count). The summed E-state index contributed by atoms with van der Waals surface area (Å²) in [5.74, 6) is 0.492. The maximum atomic E-state index is 12.6. The van der Waals surface area contributed by atoms with Crippen LogP contribution in [0.15, 0.2) is 10.6 Å². The number of rotatable bonds is 4. The van der Waals surface area contributed by atoms with Crippen molar-refractivity contribution in [1.82, 2.24) is 15.0 Å². The Kier molecular flexibility index (Phi) is 5.47. The van der Waals surface area contributed by atoms with Crippen molar-refractivity contribution in [3.8, 4) is 0 Å². The minimum Gasteiger partial charge on any atom is -0.368 e. The van der Waals surface area contributed by atoms with Gasteiger partial charge in [-0.15, -0.1) is 0 Å². The molecule has 2 atom stereocenters. The molecule has 1 aromatic heterocycles. The molecule has 0 N–H and O–H groups in total. The summed E-state index contributed by atoms with van der Waals surface area (Å²) < 4.78 is 10.9. The largest absolute Gasteiger partial charge is 0.368 e. The smallest absolute Gasteiger partial charge is 0.276 e. The second-order valence-electron chi connectivity index (χ2n) is 7.50. The monoisotopic (exact) mass is 323 g/mol. The number of piperidine rings is 1. The maximum absolute atomic E-state index is 12.6. The molecule has 1 fully saturated rings. The molecule has 1 amide bonds. The summed E-state index contributed by atoms with van der Waals surface area (Å²) in [4.78, 5) is 16.7. The average molecular weight is 323 g/mol. The molecule has 2 heterocycles. The Morgan fingerprint density at radius 3 is 2.83 bits per heavy atom. The van der Waals surface area contributed by atoms with Crippen LogP contribution in [-0.2, 0) is 11.3 Å². The summed E-state index contributed by atoms with van der Waals surface area (Å²) in [6.07, 6.45) is 1.97. The van der Waals surface area contributed by atoms with Gasteiger partial charge < -0.3 is 19.1 Å². The summed E-state index contributed by atoms with van der Waals surface area (Å²) in [5, 5.41) is 3.91. The number of ether oxygens (including phenoxy) is 1. The summed E-state index contributed by atoms with van der Waals surface area (Å²) in [6.45, 7) is 9.45. The zero-order valence-electron chi connectivity index (χ0n) is 15.1. The molecule has 0 saturated carbocycles. The fourth-order valence-electron chi connectivity index (χ4n) is 2.73. The second kappa shape index (κ2) is 7.01. The minimum absolute atomic E-state index is 0.0856. The van der Waals surface area contributed by atoms with E-state index in [0.29, 0.717) is 24.1 Å². The zero-order valence-corrected chi connectivity index (χ0v) is 15.1. The molecule has 23 heavy (non-hydrogen) atoms. The lowest BCUT2D eigenvalue weighted by Gasteiger charge is -2.39. The van der Waals surface area contributed by atoms with Crippen LogP contribution in [0.2, 0.25) is 0 Å². The van der Waals surface area contributed by atoms with Gasteiger partial charge in [0.1, 0.15) is 6.61 Å². The van der Waals surface area contributed by atoms with Crippen molar-refractivity contribution < 1.29 is 14.1 Å². The van der Waals surface area contributed by atoms with Crippen LogP contribution < -0.4 is 0 Å². The number of nitrogens with zero attached hydrogens (tertiary/aromatic N) is 3. The number of carbonyl (C=O) groups excluding carboxylic acids is 1. The van der Waals surface area contributed by atoms with E-state index in [9.17, 15) is 4.79 Å². The molecule has 1 aromatic rings. The highest BCUT2D eigenvalue weighted by Crippen LogP contribution is 2.21. The van der Waals surface area contributed by atoms with Crippen molar-refractivity contribution in [3.63, 3.8) is 0 Å². The fraction of sp³-hybridized carbons (Fsp3) is 0.765. The highest BCUT2D eigenvalue weighted by atomic mass is 16.5. The van der Waals surface area contributed by atoms with Crippen molar-refractivity contribution in [3.05, 3.63) is 17.5 Å². The first kappa shape index (κ1) is 17.9. The van der Waals surface area contributed by atoms with Gasteiger partial charge in [0.25, 0.3) is 5.91 Å². The van der Waals surface area contributed by atoms with Gasteiger partial charge in [-0.2, -0.15) is 0 Å². The van der Waals surface area contributed by atoms with E-state index in [1.54, 1.807) is 11.0 Å². The average Bonchev–Trinajstić information content (AvgIpc) is 2.95. The maximum Gasteiger partial charge on any atom is 0.276 e. The predicted octanol–water partition coefficient (Wildman–Crippen LogP) is 2.54. The van der Waals surface area contributed by atoms with E-state index in [0.717, 1.165) is 19.4 Å². The van der Waals surface area contributed by atoms with Crippen LogP contribution in [0.3, 0.4) is 0 Å². The quantitative estimate of drug-likeness (QED) is 0.852. The van der Waals surface area contributed by atoms with E-state index in [4.69, 9.17) is 9.26 Å². The first-order valence-electron chi connectivity index (χ1n) is 8.24. The number of likely N-dealkylation sites (tertiary alicyclic amines) is 1. The Hall–Kier alpha value is -1.40. The number of aromatic nitrogens is 1. The predicted molar refractivity (Wildman–Crippen MR) is 88.3 cm³/mol. The van der Waals surface area contributed by atoms with Gasteiger partial charge in [-0.1, -0.05) is 5.16 Å². The van der Waals surface area contributed by atoms with Gasteiger partial charge in [-0.3, -0.25) is 4.79 Å². The Balaban J connectivity index is 1.96. The topological polar surface area (TPSA) is 58.8 Å². The van der Waals surface area contributed by atoms with Gasteiger partial charge in [0, 0.05) is 31.7 Å². The molecule has 1 aliphatic rings. The van der Waals surface area contributed by atoms with E-state index in [1.165, 1.54) is 0 Å². The molecule has 0 radical (unpaired) electrons. The molecular weight excluding hydrogens is 294 g/mol. The van der Waals surface area contributed by atoms with Gasteiger partial charge in [0.15, 0.2) is 11.5 Å². The van der Waals surface area contributed by atoms with E-state index in [1.807, 2.05) is 27.8 Å². The number of hydrogen-bond acceptors (Lipinski definition) is 5. The van der Waals surface area contributed by atoms with Gasteiger partial charge in [0.2, 0.25) is 0 Å². The van der Waals surface area contributed by atoms with Gasteiger partial charge in [-0.05, 0) is 47.6 Å². The summed E-state index contributed by atoms with van der Waals surface area (Å²) in [7, 11) is 3.98. The van der Waals surface area contributed by atoms with Crippen molar-refractivity contribution >= 4 is 5.91 Å². The van der Waals surface area contributed by atoms with Crippen LogP contribution in [0.5, 0.6) is 0 Å². The van der Waals surface area contributed by atoms with Crippen molar-refractivity contribution in [2.45, 2.75) is 64.8 Å². The van der Waals surface area contributed by atoms with Crippen LogP contribution in [0.25, 0.3) is 0 Å². The van der Waals surface area contributed by atoms with Crippen molar-refractivity contribution in [1.29, 1.82) is 0 Å². The number of carbonyl (C=O) groups is 1. The first-order valence-corrected chi connectivity index (χ1v) is 8.24. The molecule has 0 bridgehead atoms. The van der Waals surface area contributed by atoms with E-state index >= 15 is 0 Å². The summed E-state index contributed by atoms with van der Waals surface area (Å²) in [6, 6.07) is 2.42. The third kappa shape index (κ3) is 4.78. The normalized spacial score (nSPS) is 23.0. The van der Waals surface area contributed by atoms with Crippen LogP contribution in [-0.4, -0.2) is 59.2 Å². The van der Waals surface area contributed by atoms with Crippen LogP contribution in [0.1, 0.15) is 56.8 Å². The molecule has 0 unspecified atom stereocenters. The van der Waals surface area contributed by atoms with Crippen molar-refractivity contribution in [2.75, 3.05) is 20.6 Å². The van der Waals surface area contributed by atoms with Gasteiger partial charge >= 0.3 is 0 Å². The van der Waals surface area contributed by atoms with E-state index in [2.05, 4.69) is 24.0 Å². The summed E-state index contributed by atoms with van der Waals surface area (Å²) in [5.41, 5.74) is 0.101. The fourth-order valence-corrected chi connectivity index (χ4v) is 2.73. The first-order chi connectivity index (χ1) is 10.7. The standard InChI is InChI=1S/C17H29N3O3/c1-12-9-13(7-8-19(12)5)20(6)16(21)15-10-14(23-18-15)11-22-17(2,3)4/h10,12-13H,7-9,11H2,1-6H3/t12-,13+/m0/s1. The third-order valence-electron chi connectivity index (χ3n) is 4.47. The molecule has 0 aliphatic carbocycles. The molecule has 1 aliphatic heterocycles. The molecule has 0 spiro atoms. The zero-order chi connectivity index (χ0) is 17.2. The SMILES string of the molecule is C[C@H]1C[C@H](N(C)C(=O)c2cc(COC(C)(C)C)on2)CCN1C. The lowest BCUT2D eigenvalue weighted by molar-refractivity contribution is -0.0241. The minimum atomic E-state index is -0.252. The Morgan fingerprint density at radius 1 is 1.52 bits per heavy atom. The Labute approximate surface area is 138 Å². The second-order valence-corrected chi connectivity index (χ2v) is 7.50. The number of amides is 1. The lowest BCUT2D eigenvalue weighted by atomic mass is 9.97. The molecular formula is C17H29N3O3. The van der Waals surface area contributed by atoms with Crippen LogP contribution in [0.4, 0.5) is 0 Å². The molecule has 130 valence electrons. The molecule has 1 saturated heterocycles. The Bertz CT molecular complexity index is 535. The van der Waals surface area contributed by atoms with Crippen LogP contribution >= 0.6 is 0 Å². The van der Waals surface area contributed by atoms with Crippen molar-refractivity contribution in [2.24, 2.45) is 0 Å². The summed E-state index contributed by atoms with van der Waals surface area (Å²) >= 11 is 0. The van der Waals surface area contributed by atoms with E-state index in [-0.39, 0.29) is 17.6 Å². The molecule has 0 aromatic carbocycles. The van der Waals surface area contributed by atoms with Crippen LogP contribution in [0, 0.1) is 0 Å². The molecule has 6 nitrogen and oxygen atoms in total. The number of hydrogen-bond donors (Lipinski definition) is 0. The van der Waals surface area contributed by atoms with Gasteiger partial charge in [-0.25, -0.2) is 0 Å². The highest BCUT2D eigenvalue weighted by molar-refractivity contribution is 5.92. The lowest BCUT2D eigenvalue weighted by Crippen LogP contribution is -2.48. The van der Waals surface area contributed by atoms with Gasteiger partial charge in [0.05, 0.1) is 5.60 Å². The van der Waals surface area contributed by atoms with E-state index < -0.39 is 0 Å².